The predicted octanol–water partition coefficient (Wildman–Crippen LogP) is 3.92. The quantitative estimate of drug-likeness (QED) is 0.432. The zero-order chi connectivity index (χ0) is 17.8. The smallest absolute Gasteiger partial charge is 0.270 e. The van der Waals surface area contributed by atoms with E-state index in [-0.39, 0.29) is 22.8 Å². The van der Waals surface area contributed by atoms with E-state index in [9.17, 15) is 19.7 Å². The van der Waals surface area contributed by atoms with E-state index in [0.717, 1.165) is 0 Å². The molecule has 1 heterocycles. The summed E-state index contributed by atoms with van der Waals surface area (Å²) in [4.78, 5) is 33.9. The molecule has 124 valence electrons. The Bertz CT molecular complexity index is 947. The standard InChI is InChI=1S/C18H12N2O5/c21-11-14-7-9-17(25-14)15-8-6-13(20(23)24)10-16(15)18(22)19-12-4-2-1-3-5-12/h1-11H,(H,19,22). The zero-order valence-corrected chi connectivity index (χ0v) is 12.8. The molecule has 0 aliphatic heterocycles. The first-order valence-corrected chi connectivity index (χ1v) is 7.28. The van der Waals surface area contributed by atoms with Gasteiger partial charge in [0.1, 0.15) is 5.76 Å². The van der Waals surface area contributed by atoms with E-state index in [1.54, 1.807) is 30.3 Å². The van der Waals surface area contributed by atoms with Gasteiger partial charge in [-0.2, -0.15) is 0 Å². The summed E-state index contributed by atoms with van der Waals surface area (Å²) >= 11 is 0. The fourth-order valence-electron chi connectivity index (χ4n) is 2.33. The maximum atomic E-state index is 12.6. The second kappa shape index (κ2) is 6.79. The molecule has 0 saturated heterocycles. The Kier molecular flexibility index (Phi) is 4.38. The van der Waals surface area contributed by atoms with Crippen LogP contribution in [0.5, 0.6) is 0 Å². The lowest BCUT2D eigenvalue weighted by Gasteiger charge is -2.09. The number of amides is 1. The van der Waals surface area contributed by atoms with E-state index in [0.29, 0.717) is 17.5 Å². The summed E-state index contributed by atoms with van der Waals surface area (Å²) in [7, 11) is 0. The Morgan fingerprint density at radius 2 is 1.84 bits per heavy atom. The number of carbonyl (C=O) groups is 2. The van der Waals surface area contributed by atoms with Crippen molar-refractivity contribution in [3.63, 3.8) is 0 Å². The molecule has 0 radical (unpaired) electrons. The van der Waals surface area contributed by atoms with Gasteiger partial charge in [-0.15, -0.1) is 0 Å². The molecule has 1 aromatic heterocycles. The monoisotopic (exact) mass is 336 g/mol. The molecule has 0 saturated carbocycles. The van der Waals surface area contributed by atoms with Crippen LogP contribution in [0.25, 0.3) is 11.3 Å². The lowest BCUT2D eigenvalue weighted by atomic mass is 10.0. The van der Waals surface area contributed by atoms with Gasteiger partial charge in [-0.3, -0.25) is 19.7 Å². The number of hydrogen-bond donors (Lipinski definition) is 1. The first kappa shape index (κ1) is 16.1. The summed E-state index contributed by atoms with van der Waals surface area (Å²) in [6, 6.07) is 15.6. The van der Waals surface area contributed by atoms with E-state index in [1.165, 1.54) is 30.3 Å². The number of hydrogen-bond acceptors (Lipinski definition) is 5. The average molecular weight is 336 g/mol. The van der Waals surface area contributed by atoms with E-state index in [2.05, 4.69) is 5.32 Å². The van der Waals surface area contributed by atoms with E-state index >= 15 is 0 Å². The number of carbonyl (C=O) groups excluding carboxylic acids is 2. The van der Waals surface area contributed by atoms with Gasteiger partial charge in [-0.1, -0.05) is 18.2 Å². The highest BCUT2D eigenvalue weighted by Gasteiger charge is 2.20. The molecule has 1 amide bonds. The van der Waals surface area contributed by atoms with Crippen molar-refractivity contribution in [1.82, 2.24) is 0 Å². The highest BCUT2D eigenvalue weighted by atomic mass is 16.6. The highest BCUT2D eigenvalue weighted by molar-refractivity contribution is 6.08. The second-order valence-corrected chi connectivity index (χ2v) is 5.13. The van der Waals surface area contributed by atoms with Crippen LogP contribution in [-0.2, 0) is 0 Å². The Labute approximate surface area is 142 Å². The highest BCUT2D eigenvalue weighted by Crippen LogP contribution is 2.29. The number of nitrogens with zero attached hydrogens (tertiary/aromatic N) is 1. The molecule has 3 aromatic rings. The van der Waals surface area contributed by atoms with Crippen molar-refractivity contribution in [1.29, 1.82) is 0 Å². The molecule has 7 nitrogen and oxygen atoms in total. The number of nitrogens with one attached hydrogen (secondary N) is 1. The van der Waals surface area contributed by atoms with Gasteiger partial charge in [-0.05, 0) is 30.3 Å². The summed E-state index contributed by atoms with van der Waals surface area (Å²) in [6.45, 7) is 0. The predicted molar refractivity (Wildman–Crippen MR) is 90.6 cm³/mol. The molecule has 1 N–H and O–H groups in total. The van der Waals surface area contributed by atoms with Crippen LogP contribution in [0.4, 0.5) is 11.4 Å². The molecular formula is C18H12N2O5. The number of nitro benzene ring substituents is 1. The Morgan fingerprint density at radius 1 is 1.08 bits per heavy atom. The summed E-state index contributed by atoms with van der Waals surface area (Å²) in [5, 5.41) is 13.7. The van der Waals surface area contributed by atoms with Gasteiger partial charge in [0, 0.05) is 23.4 Å². The minimum absolute atomic E-state index is 0.0739. The molecule has 0 bridgehead atoms. The number of rotatable bonds is 5. The molecular weight excluding hydrogens is 324 g/mol. The van der Waals surface area contributed by atoms with Crippen LogP contribution in [0.2, 0.25) is 0 Å². The molecule has 7 heteroatoms. The van der Waals surface area contributed by atoms with Crippen LogP contribution in [0, 0.1) is 10.1 Å². The van der Waals surface area contributed by atoms with Crippen LogP contribution in [-0.4, -0.2) is 17.1 Å². The van der Waals surface area contributed by atoms with E-state index in [1.807, 2.05) is 0 Å². The summed E-state index contributed by atoms with van der Waals surface area (Å²) < 4.78 is 5.34. The van der Waals surface area contributed by atoms with Crippen LogP contribution in [0.3, 0.4) is 0 Å². The molecule has 25 heavy (non-hydrogen) atoms. The Morgan fingerprint density at radius 3 is 2.48 bits per heavy atom. The molecule has 0 unspecified atom stereocenters. The van der Waals surface area contributed by atoms with Crippen molar-refractivity contribution < 1.29 is 18.9 Å². The number of benzene rings is 2. The first-order chi connectivity index (χ1) is 12.1. The Hall–Kier alpha value is -3.74. The maximum Gasteiger partial charge on any atom is 0.270 e. The normalized spacial score (nSPS) is 10.2. The lowest BCUT2D eigenvalue weighted by molar-refractivity contribution is -0.384. The molecule has 2 aromatic carbocycles. The summed E-state index contributed by atoms with van der Waals surface area (Å²) in [6.07, 6.45) is 0.540. The third-order valence-corrected chi connectivity index (χ3v) is 3.50. The topological polar surface area (TPSA) is 102 Å². The van der Waals surface area contributed by atoms with Gasteiger partial charge in [0.15, 0.2) is 12.0 Å². The van der Waals surface area contributed by atoms with E-state index < -0.39 is 10.8 Å². The largest absolute Gasteiger partial charge is 0.453 e. The van der Waals surface area contributed by atoms with Gasteiger partial charge in [0.25, 0.3) is 11.6 Å². The van der Waals surface area contributed by atoms with E-state index in [4.69, 9.17) is 4.42 Å². The van der Waals surface area contributed by atoms with Crippen molar-refractivity contribution in [2.24, 2.45) is 0 Å². The van der Waals surface area contributed by atoms with Crippen molar-refractivity contribution in [2.45, 2.75) is 0 Å². The molecule has 0 fully saturated rings. The van der Waals surface area contributed by atoms with Crippen molar-refractivity contribution in [3.8, 4) is 11.3 Å². The molecule has 0 aliphatic rings. The third-order valence-electron chi connectivity index (χ3n) is 3.50. The van der Waals surface area contributed by atoms with Crippen molar-refractivity contribution in [3.05, 3.63) is 82.1 Å². The zero-order valence-electron chi connectivity index (χ0n) is 12.8. The van der Waals surface area contributed by atoms with Gasteiger partial charge in [0.05, 0.1) is 10.5 Å². The molecule has 0 atom stereocenters. The van der Waals surface area contributed by atoms with Crippen molar-refractivity contribution in [2.75, 3.05) is 5.32 Å². The minimum atomic E-state index is -0.581. The fraction of sp³-hybridized carbons (Fsp3) is 0. The van der Waals surface area contributed by atoms with Gasteiger partial charge >= 0.3 is 0 Å². The first-order valence-electron chi connectivity index (χ1n) is 7.28. The third kappa shape index (κ3) is 3.45. The maximum absolute atomic E-state index is 12.6. The SMILES string of the molecule is O=Cc1ccc(-c2ccc([N+](=O)[O-])cc2C(=O)Nc2ccccc2)o1. The molecule has 3 rings (SSSR count). The van der Waals surface area contributed by atoms with Gasteiger partial charge < -0.3 is 9.73 Å². The van der Waals surface area contributed by atoms with Crippen LogP contribution in [0.1, 0.15) is 20.9 Å². The summed E-state index contributed by atoms with van der Waals surface area (Å²) in [5.41, 5.74) is 0.763. The number of para-hydroxylation sites is 1. The molecule has 0 spiro atoms. The van der Waals surface area contributed by atoms with Gasteiger partial charge in [0.2, 0.25) is 0 Å². The lowest BCUT2D eigenvalue weighted by Crippen LogP contribution is -2.13. The van der Waals surface area contributed by atoms with Crippen LogP contribution >= 0.6 is 0 Å². The second-order valence-electron chi connectivity index (χ2n) is 5.13. The fourth-order valence-corrected chi connectivity index (χ4v) is 2.33. The molecule has 0 aliphatic carbocycles. The number of nitro groups is 1. The summed E-state index contributed by atoms with van der Waals surface area (Å²) in [5.74, 6) is -0.146. The number of furan rings is 1. The number of non-ortho nitro benzene ring substituents is 1. The van der Waals surface area contributed by atoms with Crippen LogP contribution < -0.4 is 5.32 Å². The van der Waals surface area contributed by atoms with Gasteiger partial charge in [-0.25, -0.2) is 0 Å². The average Bonchev–Trinajstić information content (AvgIpc) is 3.11. The number of aldehydes is 1. The number of anilines is 1. The van der Waals surface area contributed by atoms with Crippen LogP contribution in [0.15, 0.2) is 65.1 Å². The minimum Gasteiger partial charge on any atom is -0.453 e. The van der Waals surface area contributed by atoms with Crippen molar-refractivity contribution >= 4 is 23.6 Å². The Balaban J connectivity index is 2.04.